The summed E-state index contributed by atoms with van der Waals surface area (Å²) in [6.07, 6.45) is -2.49. The molecule has 10 heavy (non-hydrogen) atoms. The first-order valence-electron chi connectivity index (χ1n) is 2.71. The van der Waals surface area contributed by atoms with Crippen molar-refractivity contribution in [3.63, 3.8) is 0 Å². The fourth-order valence-electron chi connectivity index (χ4n) is 0.456. The first-order chi connectivity index (χ1) is 4.57. The summed E-state index contributed by atoms with van der Waals surface area (Å²) in [5.41, 5.74) is 0. The van der Waals surface area contributed by atoms with Gasteiger partial charge in [-0.05, 0) is 0 Å². The van der Waals surface area contributed by atoms with E-state index >= 15 is 0 Å². The fraction of sp³-hybridized carbons (Fsp3) is 0.800. The minimum Gasteiger partial charge on any atom is -0.846 e. The number of rotatable bonds is 2. The van der Waals surface area contributed by atoms with Gasteiger partial charge in [-0.15, -0.1) is 0 Å². The minimum absolute atomic E-state index is 0.559. The smallest absolute Gasteiger partial charge is 0.255 e. The summed E-state index contributed by atoms with van der Waals surface area (Å²) in [6.45, 7) is -0.559. The summed E-state index contributed by atoms with van der Waals surface area (Å²) in [4.78, 5) is 4.06. The van der Waals surface area contributed by atoms with Crippen molar-refractivity contribution in [1.82, 2.24) is 4.90 Å². The molecule has 0 saturated carbocycles. The van der Waals surface area contributed by atoms with Crippen molar-refractivity contribution in [2.45, 2.75) is 6.43 Å². The Morgan fingerprint density at radius 3 is 2.50 bits per heavy atom. The maximum atomic E-state index is 11.5. The van der Waals surface area contributed by atoms with E-state index < -0.39 is 19.0 Å². The van der Waals surface area contributed by atoms with Crippen LogP contribution in [0.1, 0.15) is 0 Å². The van der Waals surface area contributed by atoms with E-state index in [9.17, 15) is 13.9 Å². The van der Waals surface area contributed by atoms with Crippen LogP contribution in [0.3, 0.4) is 0 Å². The molecule has 0 bridgehead atoms. The number of nitrogens with zero attached hydrogens (tertiary/aromatic N) is 2. The number of amidine groups is 1. The van der Waals surface area contributed by atoms with Gasteiger partial charge in [-0.3, -0.25) is 4.99 Å². The Morgan fingerprint density at radius 2 is 2.20 bits per heavy atom. The number of halogens is 2. The van der Waals surface area contributed by atoms with Crippen LogP contribution in [0.5, 0.6) is 0 Å². The molecular formula is C5H9F2N2O-. The van der Waals surface area contributed by atoms with Gasteiger partial charge in [0.2, 0.25) is 0 Å². The van der Waals surface area contributed by atoms with Crippen molar-refractivity contribution in [3.8, 4) is 0 Å². The van der Waals surface area contributed by atoms with E-state index in [-0.39, 0.29) is 0 Å². The fourth-order valence-corrected chi connectivity index (χ4v) is 0.456. The van der Waals surface area contributed by atoms with Crippen molar-refractivity contribution >= 4 is 6.02 Å². The van der Waals surface area contributed by atoms with E-state index in [2.05, 4.69) is 4.99 Å². The molecule has 3 nitrogen and oxygen atoms in total. The Morgan fingerprint density at radius 1 is 1.70 bits per heavy atom. The Labute approximate surface area is 58.0 Å². The second-order valence-corrected chi connectivity index (χ2v) is 1.78. The van der Waals surface area contributed by atoms with E-state index in [1.54, 1.807) is 0 Å². The van der Waals surface area contributed by atoms with Gasteiger partial charge in [0, 0.05) is 20.1 Å². The monoisotopic (exact) mass is 151 g/mol. The molecule has 0 amide bonds. The van der Waals surface area contributed by atoms with Crippen molar-refractivity contribution in [1.29, 1.82) is 0 Å². The average Bonchev–Trinajstić information content (AvgIpc) is 1.85. The molecule has 0 radical (unpaired) electrons. The molecule has 0 aliphatic heterocycles. The highest BCUT2D eigenvalue weighted by molar-refractivity contribution is 5.68. The zero-order valence-corrected chi connectivity index (χ0v) is 5.84. The van der Waals surface area contributed by atoms with Crippen LogP contribution in [0, 0.1) is 0 Å². The standard InChI is InChI=1S/C5H10F2N2O/c1-8-5(10)9(2)3-4(6)7/h4H,3H2,1-2H3,(H,8,10)/p-1. The molecule has 60 valence electrons. The summed E-state index contributed by atoms with van der Waals surface area (Å²) in [5.74, 6) is 0. The molecule has 0 aromatic carbocycles. The van der Waals surface area contributed by atoms with Crippen molar-refractivity contribution in [2.75, 3.05) is 20.6 Å². The van der Waals surface area contributed by atoms with Crippen molar-refractivity contribution in [2.24, 2.45) is 4.99 Å². The van der Waals surface area contributed by atoms with Crippen LogP contribution in [0.25, 0.3) is 0 Å². The Bertz CT molecular complexity index is 127. The summed E-state index contributed by atoms with van der Waals surface area (Å²) in [6, 6.07) is -0.625. The van der Waals surface area contributed by atoms with Crippen LogP contribution in [0.2, 0.25) is 0 Å². The predicted octanol–water partition coefficient (Wildman–Crippen LogP) is -0.471. The maximum absolute atomic E-state index is 11.5. The lowest BCUT2D eigenvalue weighted by Gasteiger charge is -2.23. The Kier molecular flexibility index (Phi) is 3.68. The molecule has 0 aliphatic carbocycles. The maximum Gasteiger partial charge on any atom is 0.255 e. The van der Waals surface area contributed by atoms with Crippen molar-refractivity contribution < 1.29 is 13.9 Å². The highest BCUT2D eigenvalue weighted by Crippen LogP contribution is 1.93. The van der Waals surface area contributed by atoms with Crippen molar-refractivity contribution in [3.05, 3.63) is 0 Å². The van der Waals surface area contributed by atoms with E-state index in [0.29, 0.717) is 0 Å². The van der Waals surface area contributed by atoms with E-state index in [1.807, 2.05) is 0 Å². The summed E-state index contributed by atoms with van der Waals surface area (Å²) in [7, 11) is 2.55. The lowest BCUT2D eigenvalue weighted by atomic mass is 10.6. The predicted molar refractivity (Wildman–Crippen MR) is 32.0 cm³/mol. The van der Waals surface area contributed by atoms with Gasteiger partial charge >= 0.3 is 0 Å². The van der Waals surface area contributed by atoms with E-state index in [1.165, 1.54) is 14.1 Å². The van der Waals surface area contributed by atoms with Crippen LogP contribution in [-0.4, -0.2) is 38.0 Å². The number of hydrogen-bond acceptors (Lipinski definition) is 2. The topological polar surface area (TPSA) is 38.7 Å². The zero-order chi connectivity index (χ0) is 8.15. The zero-order valence-electron chi connectivity index (χ0n) is 5.84. The molecular weight excluding hydrogens is 142 g/mol. The van der Waals surface area contributed by atoms with Crippen LogP contribution in [0.15, 0.2) is 4.99 Å². The van der Waals surface area contributed by atoms with E-state index in [4.69, 9.17) is 0 Å². The second-order valence-electron chi connectivity index (χ2n) is 1.78. The summed E-state index contributed by atoms with van der Waals surface area (Å²) < 4.78 is 23.1. The SMILES string of the molecule is CN=C([O-])N(C)CC(F)F. The molecule has 0 aromatic rings. The number of alkyl halides is 2. The quantitative estimate of drug-likeness (QED) is 0.395. The third-order valence-electron chi connectivity index (χ3n) is 0.930. The first-order valence-corrected chi connectivity index (χ1v) is 2.71. The summed E-state index contributed by atoms with van der Waals surface area (Å²) in [5, 5.41) is 10.5. The minimum atomic E-state index is -2.49. The van der Waals surface area contributed by atoms with Crippen LogP contribution in [-0.2, 0) is 0 Å². The molecule has 0 saturated heterocycles. The highest BCUT2D eigenvalue weighted by atomic mass is 19.3. The Hall–Kier alpha value is -0.870. The molecule has 0 heterocycles. The number of hydrogen-bond donors (Lipinski definition) is 0. The van der Waals surface area contributed by atoms with Gasteiger partial charge in [-0.1, -0.05) is 0 Å². The third-order valence-corrected chi connectivity index (χ3v) is 0.930. The molecule has 0 rings (SSSR count). The van der Waals surface area contributed by atoms with Gasteiger partial charge in [-0.2, -0.15) is 0 Å². The number of aliphatic imine (C=N–C) groups is 1. The molecule has 0 aliphatic rings. The van der Waals surface area contributed by atoms with Crippen LogP contribution >= 0.6 is 0 Å². The molecule has 0 N–H and O–H groups in total. The Balaban J connectivity index is 3.73. The van der Waals surface area contributed by atoms with Gasteiger partial charge in [0.15, 0.2) is 0 Å². The largest absolute Gasteiger partial charge is 0.846 e. The van der Waals surface area contributed by atoms with Gasteiger partial charge in [0.05, 0.1) is 6.54 Å². The van der Waals surface area contributed by atoms with Gasteiger partial charge in [0.1, 0.15) is 0 Å². The molecule has 0 unspecified atom stereocenters. The molecule has 0 spiro atoms. The van der Waals surface area contributed by atoms with Crippen LogP contribution in [0.4, 0.5) is 8.78 Å². The van der Waals surface area contributed by atoms with Gasteiger partial charge < -0.3 is 10.0 Å². The normalized spacial score (nSPS) is 12.3. The molecule has 0 aromatic heterocycles. The van der Waals surface area contributed by atoms with Gasteiger partial charge in [-0.25, -0.2) is 8.78 Å². The first kappa shape index (κ1) is 9.13. The third kappa shape index (κ3) is 3.21. The molecule has 0 fully saturated rings. The molecule has 0 atom stereocenters. The highest BCUT2D eigenvalue weighted by Gasteiger charge is 2.04. The summed E-state index contributed by atoms with van der Waals surface area (Å²) >= 11 is 0. The average molecular weight is 151 g/mol. The second kappa shape index (κ2) is 4.03. The lowest BCUT2D eigenvalue weighted by molar-refractivity contribution is -0.234. The lowest BCUT2D eigenvalue weighted by Crippen LogP contribution is -2.39. The van der Waals surface area contributed by atoms with Crippen LogP contribution < -0.4 is 5.11 Å². The molecule has 5 heteroatoms. The van der Waals surface area contributed by atoms with Gasteiger partial charge in [0.25, 0.3) is 6.43 Å². The van der Waals surface area contributed by atoms with E-state index in [0.717, 1.165) is 4.90 Å².